The predicted molar refractivity (Wildman–Crippen MR) is 77.5 cm³/mol. The number of thioether (sulfide) groups is 1. The van der Waals surface area contributed by atoms with Crippen LogP contribution >= 0.6 is 23.4 Å². The molecular formula is C12H16ClN5S. The van der Waals surface area contributed by atoms with Crippen molar-refractivity contribution in [2.75, 3.05) is 12.8 Å². The third-order valence-electron chi connectivity index (χ3n) is 2.65. The number of tetrazole rings is 1. The molecule has 5 nitrogen and oxygen atoms in total. The normalized spacial score (nSPS) is 12.6. The van der Waals surface area contributed by atoms with Gasteiger partial charge >= 0.3 is 0 Å². The molecule has 0 aliphatic rings. The minimum Gasteiger partial charge on any atom is -0.316 e. The van der Waals surface area contributed by atoms with Crippen LogP contribution in [0, 0.1) is 0 Å². The molecule has 1 aromatic carbocycles. The first-order valence-electron chi connectivity index (χ1n) is 5.96. The summed E-state index contributed by atoms with van der Waals surface area (Å²) >= 11 is 7.65. The number of aryl methyl sites for hydroxylation is 1. The Hall–Kier alpha value is -1.11. The number of hydrogen-bond donors (Lipinski definition) is 1. The van der Waals surface area contributed by atoms with Crippen molar-refractivity contribution < 1.29 is 0 Å². The summed E-state index contributed by atoms with van der Waals surface area (Å²) < 4.78 is 0. The van der Waals surface area contributed by atoms with E-state index in [2.05, 4.69) is 20.7 Å². The van der Waals surface area contributed by atoms with Gasteiger partial charge in [0, 0.05) is 28.1 Å². The van der Waals surface area contributed by atoms with Crippen LogP contribution in [0.2, 0.25) is 5.02 Å². The van der Waals surface area contributed by atoms with Crippen LogP contribution in [0.15, 0.2) is 29.2 Å². The van der Waals surface area contributed by atoms with E-state index in [1.807, 2.05) is 31.3 Å². The predicted octanol–water partition coefficient (Wildman–Crippen LogP) is 1.79. The van der Waals surface area contributed by atoms with Crippen molar-refractivity contribution in [2.45, 2.75) is 17.4 Å². The van der Waals surface area contributed by atoms with Crippen molar-refractivity contribution in [1.29, 1.82) is 0 Å². The van der Waals surface area contributed by atoms with Gasteiger partial charge in [-0.3, -0.25) is 0 Å². The van der Waals surface area contributed by atoms with E-state index in [1.165, 1.54) is 9.69 Å². The van der Waals surface area contributed by atoms with Gasteiger partial charge in [-0.05, 0) is 36.5 Å². The number of benzene rings is 1. The minimum atomic E-state index is 0.310. The molecule has 0 aliphatic carbocycles. The Morgan fingerprint density at radius 3 is 2.68 bits per heavy atom. The number of nitrogens with zero attached hydrogens (tertiary/aromatic N) is 4. The zero-order chi connectivity index (χ0) is 13.7. The maximum absolute atomic E-state index is 5.86. The lowest BCUT2D eigenvalue weighted by molar-refractivity contribution is 0.591. The lowest BCUT2D eigenvalue weighted by Gasteiger charge is -2.13. The summed E-state index contributed by atoms with van der Waals surface area (Å²) in [5.74, 6) is 1.70. The van der Waals surface area contributed by atoms with Crippen LogP contribution in [0.3, 0.4) is 0 Å². The van der Waals surface area contributed by atoms with Crippen LogP contribution in [0.5, 0.6) is 0 Å². The molecule has 19 heavy (non-hydrogen) atoms. The van der Waals surface area contributed by atoms with Crippen molar-refractivity contribution in [2.24, 2.45) is 7.05 Å². The van der Waals surface area contributed by atoms with Crippen LogP contribution in [-0.2, 0) is 13.5 Å². The molecule has 102 valence electrons. The zero-order valence-electron chi connectivity index (χ0n) is 10.9. The average Bonchev–Trinajstić information content (AvgIpc) is 2.82. The molecule has 7 heteroatoms. The summed E-state index contributed by atoms with van der Waals surface area (Å²) in [5.41, 5.74) is 0. The van der Waals surface area contributed by atoms with Crippen molar-refractivity contribution in [1.82, 2.24) is 25.5 Å². The van der Waals surface area contributed by atoms with E-state index < -0.39 is 0 Å². The number of hydrogen-bond acceptors (Lipinski definition) is 5. The lowest BCUT2D eigenvalue weighted by Crippen LogP contribution is -2.30. The van der Waals surface area contributed by atoms with Gasteiger partial charge in [0.05, 0.1) is 7.05 Å². The standard InChI is InChI=1S/C12H16ClN5S/c1-14-10(7-12-15-17-18(2)16-12)8-19-11-5-3-9(13)4-6-11/h3-6,10,14H,7-8H2,1-2H3. The van der Waals surface area contributed by atoms with E-state index in [4.69, 9.17) is 11.6 Å². The first kappa shape index (κ1) is 14.3. The smallest absolute Gasteiger partial charge is 0.176 e. The quantitative estimate of drug-likeness (QED) is 0.824. The van der Waals surface area contributed by atoms with E-state index in [9.17, 15) is 0 Å². The number of halogens is 1. The van der Waals surface area contributed by atoms with E-state index in [0.29, 0.717) is 6.04 Å². The third-order valence-corrected chi connectivity index (χ3v) is 4.08. The molecule has 0 aliphatic heterocycles. The zero-order valence-corrected chi connectivity index (χ0v) is 12.4. The molecule has 1 unspecified atom stereocenters. The van der Waals surface area contributed by atoms with Crippen LogP contribution < -0.4 is 5.32 Å². The number of likely N-dealkylation sites (N-methyl/N-ethyl adjacent to an activating group) is 1. The Labute approximate surface area is 121 Å². The number of aromatic nitrogens is 4. The number of nitrogens with one attached hydrogen (secondary N) is 1. The average molecular weight is 298 g/mol. The Balaban J connectivity index is 1.87. The molecule has 2 aromatic rings. The first-order valence-corrected chi connectivity index (χ1v) is 7.32. The molecule has 0 amide bonds. The summed E-state index contributed by atoms with van der Waals surface area (Å²) in [6.45, 7) is 0. The van der Waals surface area contributed by atoms with Gasteiger partial charge in [-0.2, -0.15) is 4.80 Å². The fraction of sp³-hybridized carbons (Fsp3) is 0.417. The van der Waals surface area contributed by atoms with Crippen molar-refractivity contribution in [3.8, 4) is 0 Å². The van der Waals surface area contributed by atoms with Gasteiger partial charge in [0.25, 0.3) is 0 Å². The fourth-order valence-electron chi connectivity index (χ4n) is 1.60. The second-order valence-electron chi connectivity index (χ2n) is 4.15. The Morgan fingerprint density at radius 2 is 2.11 bits per heavy atom. The summed E-state index contributed by atoms with van der Waals surface area (Å²) in [6, 6.07) is 8.18. The molecule has 1 N–H and O–H groups in total. The minimum absolute atomic E-state index is 0.310. The maximum atomic E-state index is 5.86. The van der Waals surface area contributed by atoms with Crippen LogP contribution in [0.4, 0.5) is 0 Å². The van der Waals surface area contributed by atoms with Crippen LogP contribution in [0.25, 0.3) is 0 Å². The summed E-state index contributed by atoms with van der Waals surface area (Å²) in [5, 5.41) is 16.1. The molecule has 1 heterocycles. The Morgan fingerprint density at radius 1 is 1.37 bits per heavy atom. The van der Waals surface area contributed by atoms with E-state index in [0.717, 1.165) is 23.0 Å². The van der Waals surface area contributed by atoms with Gasteiger partial charge in [-0.1, -0.05) is 11.6 Å². The van der Waals surface area contributed by atoms with Gasteiger partial charge < -0.3 is 5.32 Å². The van der Waals surface area contributed by atoms with E-state index in [-0.39, 0.29) is 0 Å². The Kier molecular flexibility index (Phi) is 5.18. The second-order valence-corrected chi connectivity index (χ2v) is 5.68. The molecule has 2 rings (SSSR count). The topological polar surface area (TPSA) is 55.6 Å². The van der Waals surface area contributed by atoms with E-state index in [1.54, 1.807) is 18.8 Å². The van der Waals surface area contributed by atoms with Gasteiger partial charge in [0.1, 0.15) is 0 Å². The SMILES string of the molecule is CNC(CSc1ccc(Cl)cc1)Cc1nnn(C)n1. The summed E-state index contributed by atoms with van der Waals surface area (Å²) in [7, 11) is 3.72. The van der Waals surface area contributed by atoms with Crippen molar-refractivity contribution in [3.05, 3.63) is 35.1 Å². The van der Waals surface area contributed by atoms with Gasteiger partial charge in [0.2, 0.25) is 0 Å². The fourth-order valence-corrected chi connectivity index (χ4v) is 2.73. The maximum Gasteiger partial charge on any atom is 0.176 e. The number of rotatable bonds is 6. The van der Waals surface area contributed by atoms with Gasteiger partial charge in [-0.25, -0.2) is 0 Å². The van der Waals surface area contributed by atoms with Gasteiger partial charge in [0.15, 0.2) is 5.82 Å². The Bertz CT molecular complexity index is 513. The second kappa shape index (κ2) is 6.88. The molecular weight excluding hydrogens is 282 g/mol. The molecule has 0 fully saturated rings. The molecule has 0 saturated carbocycles. The third kappa shape index (κ3) is 4.49. The first-order chi connectivity index (χ1) is 9.17. The molecule has 0 bridgehead atoms. The highest BCUT2D eigenvalue weighted by atomic mass is 35.5. The highest BCUT2D eigenvalue weighted by Crippen LogP contribution is 2.21. The molecule has 0 saturated heterocycles. The van der Waals surface area contributed by atoms with Gasteiger partial charge in [-0.15, -0.1) is 22.0 Å². The lowest BCUT2D eigenvalue weighted by atomic mass is 10.2. The van der Waals surface area contributed by atoms with Crippen molar-refractivity contribution in [3.63, 3.8) is 0 Å². The van der Waals surface area contributed by atoms with Crippen molar-refractivity contribution >= 4 is 23.4 Å². The van der Waals surface area contributed by atoms with Crippen LogP contribution in [0.1, 0.15) is 5.82 Å². The summed E-state index contributed by atoms with van der Waals surface area (Å²) in [6.07, 6.45) is 0.769. The monoisotopic (exact) mass is 297 g/mol. The molecule has 0 spiro atoms. The summed E-state index contributed by atoms with van der Waals surface area (Å²) in [4.78, 5) is 2.69. The highest BCUT2D eigenvalue weighted by molar-refractivity contribution is 7.99. The highest BCUT2D eigenvalue weighted by Gasteiger charge is 2.11. The molecule has 0 radical (unpaired) electrons. The largest absolute Gasteiger partial charge is 0.316 e. The molecule has 1 atom stereocenters. The van der Waals surface area contributed by atoms with Crippen LogP contribution in [-0.4, -0.2) is 39.0 Å². The molecule has 1 aromatic heterocycles. The van der Waals surface area contributed by atoms with E-state index >= 15 is 0 Å².